The molecule has 1 heterocycles. The summed E-state index contributed by atoms with van der Waals surface area (Å²) in [6, 6.07) is 11.2. The van der Waals surface area contributed by atoms with Crippen molar-refractivity contribution in [1.82, 2.24) is 4.48 Å². The molecule has 2 aromatic carbocycles. The molecule has 154 valence electrons. The molecule has 0 aliphatic carbocycles. The maximum absolute atomic E-state index is 13.6. The second-order valence-corrected chi connectivity index (χ2v) is 9.02. The molecule has 0 spiro atoms. The number of hydrogen-bond donors (Lipinski definition) is 1. The Hall–Kier alpha value is -2.38. The van der Waals surface area contributed by atoms with Gasteiger partial charge in [-0.3, -0.25) is 0 Å². The van der Waals surface area contributed by atoms with Crippen molar-refractivity contribution in [2.75, 3.05) is 13.7 Å². The molecule has 0 bridgehead atoms. The molecular weight excluding hydrogens is 438 g/mol. The third-order valence-electron chi connectivity index (χ3n) is 5.03. The molecule has 2 unspecified atom stereocenters. The summed E-state index contributed by atoms with van der Waals surface area (Å²) in [4.78, 5) is 26.6. The van der Waals surface area contributed by atoms with Gasteiger partial charge in [0.25, 0.3) is 0 Å². The molecular formula is C22H25BrNO5+. The van der Waals surface area contributed by atoms with E-state index in [9.17, 15) is 14.7 Å². The summed E-state index contributed by atoms with van der Waals surface area (Å²) in [5.74, 6) is -0.539. The molecule has 2 atom stereocenters. The number of amides is 1. The number of quaternary nitrogens is 1. The van der Waals surface area contributed by atoms with Crippen molar-refractivity contribution >= 4 is 33.7 Å². The zero-order valence-electron chi connectivity index (χ0n) is 16.9. The molecule has 29 heavy (non-hydrogen) atoms. The predicted octanol–water partition coefficient (Wildman–Crippen LogP) is 4.87. The Balaban J connectivity index is 2.28. The lowest BCUT2D eigenvalue weighted by Gasteiger charge is -2.43. The van der Waals surface area contributed by atoms with Crippen LogP contribution in [-0.2, 0) is 20.7 Å². The van der Waals surface area contributed by atoms with Crippen molar-refractivity contribution in [3.05, 3.63) is 58.1 Å². The smallest absolute Gasteiger partial charge is 0.508 e. The average Bonchev–Trinajstić information content (AvgIpc) is 2.65. The molecule has 6 nitrogen and oxygen atoms in total. The van der Waals surface area contributed by atoms with E-state index in [0.717, 1.165) is 10.0 Å². The molecule has 1 aliphatic rings. The topological polar surface area (TPSA) is 72.8 Å². The summed E-state index contributed by atoms with van der Waals surface area (Å²) in [6.07, 6.45) is 0.00233. The Morgan fingerprint density at radius 3 is 2.38 bits per heavy atom. The van der Waals surface area contributed by atoms with Gasteiger partial charge in [-0.25, -0.2) is 4.79 Å². The van der Waals surface area contributed by atoms with Crippen LogP contribution < -0.4 is 4.48 Å². The molecule has 0 radical (unpaired) electrons. The molecule has 1 N–H and O–H groups in total. The second-order valence-electron chi connectivity index (χ2n) is 8.11. The summed E-state index contributed by atoms with van der Waals surface area (Å²) in [7, 11) is 1.30. The lowest BCUT2D eigenvalue weighted by atomic mass is 9.89. The number of esters is 1. The minimum absolute atomic E-state index is 0.0256. The van der Waals surface area contributed by atoms with E-state index in [1.165, 1.54) is 13.2 Å². The first-order chi connectivity index (χ1) is 13.6. The molecule has 0 fully saturated rings. The highest BCUT2D eigenvalue weighted by Crippen LogP contribution is 2.44. The number of fused-ring (bicyclic) bond motifs is 1. The summed E-state index contributed by atoms with van der Waals surface area (Å²) >= 11 is 3.42. The normalized spacial score (nSPS) is 21.2. The number of methoxy groups -OCH3 is 1. The van der Waals surface area contributed by atoms with E-state index >= 15 is 0 Å². The van der Waals surface area contributed by atoms with Crippen LogP contribution in [0.1, 0.15) is 37.9 Å². The number of nitrogens with zero attached hydrogens (tertiary/aromatic N) is 1. The third kappa shape index (κ3) is 4.02. The first kappa shape index (κ1) is 21.3. The Bertz CT molecular complexity index is 935. The van der Waals surface area contributed by atoms with Gasteiger partial charge in [-0.05, 0) is 50.6 Å². The largest absolute Gasteiger partial charge is 0.522 e. The number of halogens is 1. The lowest BCUT2D eigenvalue weighted by molar-refractivity contribution is -0.147. The minimum Gasteiger partial charge on any atom is -0.508 e. The Labute approximate surface area is 178 Å². The zero-order chi connectivity index (χ0) is 21.4. The zero-order valence-corrected chi connectivity index (χ0v) is 18.5. The molecule has 2 aromatic rings. The van der Waals surface area contributed by atoms with Crippen LogP contribution >= 0.6 is 15.9 Å². The van der Waals surface area contributed by atoms with E-state index in [4.69, 9.17) is 9.47 Å². The van der Waals surface area contributed by atoms with Crippen LogP contribution in [0.2, 0.25) is 0 Å². The van der Waals surface area contributed by atoms with E-state index in [1.807, 2.05) is 12.1 Å². The van der Waals surface area contributed by atoms with Gasteiger partial charge < -0.3 is 14.6 Å². The highest BCUT2D eigenvalue weighted by Gasteiger charge is 2.56. The minimum atomic E-state index is -0.994. The number of aromatic hydroxyl groups is 1. The first-order valence-corrected chi connectivity index (χ1v) is 10.1. The number of rotatable bonds is 2. The molecule has 1 amide bonds. The summed E-state index contributed by atoms with van der Waals surface area (Å²) in [5.41, 5.74) is 1.34. The van der Waals surface area contributed by atoms with Crippen molar-refractivity contribution in [3.63, 3.8) is 0 Å². The summed E-state index contributed by atoms with van der Waals surface area (Å²) in [5, 5.41) is 10.1. The van der Waals surface area contributed by atoms with Crippen LogP contribution in [0.25, 0.3) is 0 Å². The van der Waals surface area contributed by atoms with Crippen molar-refractivity contribution in [1.29, 1.82) is 0 Å². The Morgan fingerprint density at radius 2 is 1.79 bits per heavy atom. The van der Waals surface area contributed by atoms with Gasteiger partial charge in [0.2, 0.25) is 6.04 Å². The third-order valence-corrected chi connectivity index (χ3v) is 5.56. The second kappa shape index (κ2) is 7.80. The molecule has 0 aromatic heterocycles. The number of ether oxygens (including phenoxy) is 2. The van der Waals surface area contributed by atoms with Gasteiger partial charge in [0.1, 0.15) is 17.0 Å². The van der Waals surface area contributed by atoms with Crippen molar-refractivity contribution in [2.45, 2.75) is 38.8 Å². The molecule has 3 rings (SSSR count). The van der Waals surface area contributed by atoms with E-state index in [1.54, 1.807) is 45.0 Å². The standard InChI is InChI=1S/C22H24BrNO5/c1-22(2,3)29-21(27)24(16-8-6-15(23)7-9-16)12-11-14-5-10-17(25)13-18(14)19(24)20(26)28-4/h5-10,13,19H,11-12H2,1-4H3/p+1. The number of phenolic OH excluding ortho intramolecular Hbond substituents is 1. The van der Waals surface area contributed by atoms with Gasteiger partial charge in [0.15, 0.2) is 0 Å². The molecule has 0 saturated heterocycles. The monoisotopic (exact) mass is 462 g/mol. The van der Waals surface area contributed by atoms with E-state index in [2.05, 4.69) is 15.9 Å². The number of phenols is 1. The molecule has 7 heteroatoms. The predicted molar refractivity (Wildman–Crippen MR) is 114 cm³/mol. The van der Waals surface area contributed by atoms with Gasteiger partial charge in [0, 0.05) is 28.6 Å². The fourth-order valence-electron chi connectivity index (χ4n) is 3.78. The quantitative estimate of drug-likeness (QED) is 0.509. The van der Waals surface area contributed by atoms with Gasteiger partial charge in [0.05, 0.1) is 13.7 Å². The number of carbonyl (C=O) groups excluding carboxylic acids is 2. The van der Waals surface area contributed by atoms with E-state index in [0.29, 0.717) is 24.2 Å². The number of benzene rings is 2. The highest BCUT2D eigenvalue weighted by atomic mass is 79.9. The Kier molecular flexibility index (Phi) is 5.74. The fraction of sp³-hybridized carbons (Fsp3) is 0.364. The van der Waals surface area contributed by atoms with Gasteiger partial charge in [-0.1, -0.05) is 22.0 Å². The van der Waals surface area contributed by atoms with E-state index < -0.39 is 23.7 Å². The van der Waals surface area contributed by atoms with Crippen molar-refractivity contribution < 1.29 is 24.2 Å². The van der Waals surface area contributed by atoms with Crippen molar-refractivity contribution in [2.24, 2.45) is 0 Å². The maximum Gasteiger partial charge on any atom is 0.522 e. The highest BCUT2D eigenvalue weighted by molar-refractivity contribution is 9.10. The maximum atomic E-state index is 13.6. The SMILES string of the molecule is COC(=O)C1c2cc(O)ccc2CC[N+]1(C(=O)OC(C)(C)C)c1ccc(Br)cc1. The van der Waals surface area contributed by atoms with Crippen LogP contribution in [-0.4, -0.2) is 36.4 Å². The van der Waals surface area contributed by atoms with Crippen LogP contribution in [0.4, 0.5) is 10.5 Å². The fourth-order valence-corrected chi connectivity index (χ4v) is 4.04. The van der Waals surface area contributed by atoms with Crippen LogP contribution in [0, 0.1) is 0 Å². The first-order valence-electron chi connectivity index (χ1n) is 9.35. The van der Waals surface area contributed by atoms with Crippen LogP contribution in [0.5, 0.6) is 5.75 Å². The molecule has 0 saturated carbocycles. The lowest BCUT2D eigenvalue weighted by Crippen LogP contribution is -2.63. The number of hydrogen-bond acceptors (Lipinski definition) is 5. The Morgan fingerprint density at radius 1 is 1.14 bits per heavy atom. The van der Waals surface area contributed by atoms with Gasteiger partial charge in [-0.15, -0.1) is 0 Å². The van der Waals surface area contributed by atoms with Gasteiger partial charge in [-0.2, -0.15) is 9.28 Å². The average molecular weight is 463 g/mol. The van der Waals surface area contributed by atoms with Crippen LogP contribution in [0.15, 0.2) is 46.9 Å². The van der Waals surface area contributed by atoms with Crippen molar-refractivity contribution in [3.8, 4) is 5.75 Å². The number of carbonyl (C=O) groups is 2. The van der Waals surface area contributed by atoms with Crippen LogP contribution in [0.3, 0.4) is 0 Å². The summed E-state index contributed by atoms with van der Waals surface area (Å²) in [6.45, 7) is 5.70. The summed E-state index contributed by atoms with van der Waals surface area (Å²) < 4.78 is 11.4. The molecule has 1 aliphatic heterocycles. The van der Waals surface area contributed by atoms with Gasteiger partial charge >= 0.3 is 12.1 Å². The van der Waals surface area contributed by atoms with E-state index in [-0.39, 0.29) is 10.2 Å².